The van der Waals surface area contributed by atoms with Crippen molar-refractivity contribution >= 4 is 35.6 Å². The summed E-state index contributed by atoms with van der Waals surface area (Å²) in [6, 6.07) is 1.12. The molecule has 0 aliphatic carbocycles. The number of carboxylic acid groups (broad SMARTS) is 2. The van der Waals surface area contributed by atoms with Crippen molar-refractivity contribution in [2.75, 3.05) is 6.54 Å². The van der Waals surface area contributed by atoms with Gasteiger partial charge >= 0.3 is 11.9 Å². The van der Waals surface area contributed by atoms with E-state index in [9.17, 15) is 29.1 Å². The van der Waals surface area contributed by atoms with Gasteiger partial charge in [-0.2, -0.15) is 0 Å². The zero-order valence-corrected chi connectivity index (χ0v) is 20.9. The number of nitrogens with two attached hydrogens (primary N) is 3. The number of guanidine groups is 1. The average molecular weight is 538 g/mol. The second kappa shape index (κ2) is 15.7. The summed E-state index contributed by atoms with van der Waals surface area (Å²) in [4.78, 5) is 64.4. The number of benzene rings is 1. The third-order valence-electron chi connectivity index (χ3n) is 5.32. The van der Waals surface area contributed by atoms with Gasteiger partial charge in [0.2, 0.25) is 17.7 Å². The highest BCUT2D eigenvalue weighted by molar-refractivity contribution is 5.94. The Hall–Kier alpha value is -4.40. The predicted octanol–water partition coefficient (Wildman–Crippen LogP) is -2.26. The van der Waals surface area contributed by atoms with Gasteiger partial charge < -0.3 is 48.5 Å². The molecule has 0 radical (unpaired) electrons. The minimum atomic E-state index is -1.39. The maximum absolute atomic E-state index is 13.1. The molecule has 0 saturated heterocycles. The Labute approximate surface area is 218 Å². The fraction of sp³-hybridized carbons (Fsp3) is 0.478. The highest BCUT2D eigenvalue weighted by Gasteiger charge is 2.29. The summed E-state index contributed by atoms with van der Waals surface area (Å²) in [5.74, 6) is -5.06. The molecule has 0 aromatic heterocycles. The number of aliphatic carboxylic acids is 2. The number of amides is 3. The first-order chi connectivity index (χ1) is 17.8. The van der Waals surface area contributed by atoms with Crippen LogP contribution in [0.4, 0.5) is 0 Å². The van der Waals surface area contributed by atoms with Gasteiger partial charge in [-0.25, -0.2) is 0 Å². The van der Waals surface area contributed by atoms with Gasteiger partial charge in [0, 0.05) is 13.0 Å². The van der Waals surface area contributed by atoms with Crippen LogP contribution < -0.4 is 33.2 Å². The number of phenolic OH excluding ortho intramolecular Hbond substituents is 1. The Morgan fingerprint density at radius 2 is 1.45 bits per heavy atom. The molecule has 0 heterocycles. The number of carboxylic acids is 2. The molecule has 210 valence electrons. The lowest BCUT2D eigenvalue weighted by Crippen LogP contribution is -2.57. The van der Waals surface area contributed by atoms with E-state index in [4.69, 9.17) is 27.4 Å². The van der Waals surface area contributed by atoms with Crippen molar-refractivity contribution in [2.45, 2.75) is 63.2 Å². The van der Waals surface area contributed by atoms with Crippen LogP contribution in [-0.4, -0.2) is 81.7 Å². The summed E-state index contributed by atoms with van der Waals surface area (Å²) in [5.41, 5.74) is 17.3. The number of nitrogens with zero attached hydrogens (tertiary/aromatic N) is 1. The molecule has 4 atom stereocenters. The van der Waals surface area contributed by atoms with E-state index in [1.165, 1.54) is 19.1 Å². The number of carbonyl (C=O) groups excluding carboxylic acids is 3. The number of nitrogens with one attached hydrogen (secondary N) is 3. The summed E-state index contributed by atoms with van der Waals surface area (Å²) in [6.45, 7) is 1.35. The number of carbonyl (C=O) groups is 5. The summed E-state index contributed by atoms with van der Waals surface area (Å²) in [6.07, 6.45) is -0.414. The Morgan fingerprint density at radius 1 is 0.895 bits per heavy atom. The first-order valence-corrected chi connectivity index (χ1v) is 11.7. The minimum Gasteiger partial charge on any atom is -0.508 e. The molecular formula is C23H35N7O8. The van der Waals surface area contributed by atoms with Gasteiger partial charge in [0.15, 0.2) is 5.96 Å². The zero-order chi connectivity index (χ0) is 28.8. The standard InChI is InChI=1S/C23H35N7O8/c1-12(22(37)38)28-20(35)17(8-9-18(32)33)30-21(36)16(3-2-10-27-23(25)26)29-19(34)15(24)11-13-4-6-14(31)7-5-13/h4-7,12,15-17,31H,2-3,8-11,24H2,1H3,(H,28,35)(H,29,34)(H,30,36)(H,32,33)(H,37,38)(H4,25,26,27). The van der Waals surface area contributed by atoms with Gasteiger partial charge in [-0.1, -0.05) is 12.1 Å². The zero-order valence-electron chi connectivity index (χ0n) is 20.9. The number of hydrogen-bond acceptors (Lipinski definition) is 8. The van der Waals surface area contributed by atoms with E-state index in [0.717, 1.165) is 0 Å². The maximum Gasteiger partial charge on any atom is 0.325 e. The summed E-state index contributed by atoms with van der Waals surface area (Å²) >= 11 is 0. The van der Waals surface area contributed by atoms with E-state index in [1.54, 1.807) is 12.1 Å². The molecule has 0 spiro atoms. The van der Waals surface area contributed by atoms with Crippen LogP contribution in [0.1, 0.15) is 38.2 Å². The minimum absolute atomic E-state index is 0.0408. The number of aliphatic imine (C=N–C) groups is 1. The van der Waals surface area contributed by atoms with Crippen LogP contribution in [0.25, 0.3) is 0 Å². The van der Waals surface area contributed by atoms with Crippen LogP contribution >= 0.6 is 0 Å². The molecule has 0 bridgehead atoms. The number of aromatic hydroxyl groups is 1. The molecule has 4 unspecified atom stereocenters. The molecular weight excluding hydrogens is 502 g/mol. The van der Waals surface area contributed by atoms with Crippen LogP contribution in [0.15, 0.2) is 29.3 Å². The Kier molecular flexibility index (Phi) is 13.0. The van der Waals surface area contributed by atoms with E-state index in [1.807, 2.05) is 0 Å². The molecule has 0 aliphatic heterocycles. The summed E-state index contributed by atoms with van der Waals surface area (Å²) in [7, 11) is 0. The number of phenols is 1. The molecule has 38 heavy (non-hydrogen) atoms. The van der Waals surface area contributed by atoms with E-state index in [2.05, 4.69) is 20.9 Å². The van der Waals surface area contributed by atoms with Crippen molar-refractivity contribution in [1.82, 2.24) is 16.0 Å². The normalized spacial score (nSPS) is 13.7. The topological polar surface area (TPSA) is 273 Å². The van der Waals surface area contributed by atoms with Crippen LogP contribution in [0.2, 0.25) is 0 Å². The summed E-state index contributed by atoms with van der Waals surface area (Å²) in [5, 5.41) is 34.5. The number of rotatable bonds is 16. The van der Waals surface area contributed by atoms with Gasteiger partial charge in [0.25, 0.3) is 0 Å². The molecule has 12 N–H and O–H groups in total. The quantitative estimate of drug-likeness (QED) is 0.0616. The second-order valence-electron chi connectivity index (χ2n) is 8.55. The lowest BCUT2D eigenvalue weighted by Gasteiger charge is -2.24. The molecule has 0 aliphatic rings. The van der Waals surface area contributed by atoms with Crippen molar-refractivity contribution in [2.24, 2.45) is 22.2 Å². The molecule has 1 aromatic rings. The SMILES string of the molecule is CC(NC(=O)C(CCC(=O)O)NC(=O)C(CCCN=C(N)N)NC(=O)C(N)Cc1ccc(O)cc1)C(=O)O. The van der Waals surface area contributed by atoms with Gasteiger partial charge in [0.05, 0.1) is 6.04 Å². The molecule has 15 heteroatoms. The third kappa shape index (κ3) is 12.0. The summed E-state index contributed by atoms with van der Waals surface area (Å²) < 4.78 is 0. The highest BCUT2D eigenvalue weighted by atomic mass is 16.4. The van der Waals surface area contributed by atoms with Gasteiger partial charge in [-0.05, 0) is 50.3 Å². The molecule has 0 fully saturated rings. The first kappa shape index (κ1) is 31.6. The van der Waals surface area contributed by atoms with Crippen LogP contribution in [0.5, 0.6) is 5.75 Å². The third-order valence-corrected chi connectivity index (χ3v) is 5.32. The van der Waals surface area contributed by atoms with Gasteiger partial charge in [-0.3, -0.25) is 29.0 Å². The average Bonchev–Trinajstić information content (AvgIpc) is 2.84. The van der Waals surface area contributed by atoms with E-state index in [0.29, 0.717) is 5.56 Å². The van der Waals surface area contributed by atoms with Crippen molar-refractivity contribution in [1.29, 1.82) is 0 Å². The smallest absolute Gasteiger partial charge is 0.325 e. The first-order valence-electron chi connectivity index (χ1n) is 11.7. The van der Waals surface area contributed by atoms with E-state index < -0.39 is 60.2 Å². The van der Waals surface area contributed by atoms with Crippen molar-refractivity contribution < 1.29 is 39.3 Å². The fourth-order valence-corrected chi connectivity index (χ4v) is 3.21. The molecule has 1 rings (SSSR count). The lowest BCUT2D eigenvalue weighted by atomic mass is 10.0. The Bertz CT molecular complexity index is 1010. The second-order valence-corrected chi connectivity index (χ2v) is 8.55. The number of hydrogen-bond donors (Lipinski definition) is 9. The predicted molar refractivity (Wildman–Crippen MR) is 136 cm³/mol. The molecule has 15 nitrogen and oxygen atoms in total. The largest absolute Gasteiger partial charge is 0.508 e. The van der Waals surface area contributed by atoms with Crippen molar-refractivity contribution in [3.05, 3.63) is 29.8 Å². The molecule has 3 amide bonds. The van der Waals surface area contributed by atoms with Crippen molar-refractivity contribution in [3.63, 3.8) is 0 Å². The Balaban J connectivity index is 3.00. The van der Waals surface area contributed by atoms with E-state index >= 15 is 0 Å². The lowest BCUT2D eigenvalue weighted by molar-refractivity contribution is -0.142. The van der Waals surface area contributed by atoms with Crippen LogP contribution in [0.3, 0.4) is 0 Å². The van der Waals surface area contributed by atoms with Gasteiger partial charge in [-0.15, -0.1) is 0 Å². The van der Waals surface area contributed by atoms with E-state index in [-0.39, 0.29) is 43.9 Å². The van der Waals surface area contributed by atoms with Crippen LogP contribution in [0, 0.1) is 0 Å². The molecule has 1 aromatic carbocycles. The van der Waals surface area contributed by atoms with Crippen LogP contribution in [-0.2, 0) is 30.4 Å². The monoisotopic (exact) mass is 537 g/mol. The maximum atomic E-state index is 13.1. The molecule has 0 saturated carbocycles. The fourth-order valence-electron chi connectivity index (χ4n) is 3.21. The van der Waals surface area contributed by atoms with Gasteiger partial charge in [0.1, 0.15) is 23.9 Å². The van der Waals surface area contributed by atoms with Crippen molar-refractivity contribution in [3.8, 4) is 5.75 Å². The highest BCUT2D eigenvalue weighted by Crippen LogP contribution is 2.11. The Morgan fingerprint density at radius 3 is 2.00 bits per heavy atom.